The normalized spacial score (nSPS) is 15.2. The number of rotatable bonds is 9. The van der Waals surface area contributed by atoms with Crippen molar-refractivity contribution in [3.8, 4) is 0 Å². The first kappa shape index (κ1) is 15.9. The van der Waals surface area contributed by atoms with Crippen molar-refractivity contribution in [1.82, 2.24) is 0 Å². The fourth-order valence-electron chi connectivity index (χ4n) is 1.68. The average Bonchev–Trinajstić information content (AvgIpc) is 3.16. The van der Waals surface area contributed by atoms with E-state index in [4.69, 9.17) is 5.11 Å². The quantitative estimate of drug-likeness (QED) is 0.483. The van der Waals surface area contributed by atoms with Gasteiger partial charge in [0.05, 0.1) is 13.2 Å². The lowest BCUT2D eigenvalue weighted by Gasteiger charge is -2.12. The Morgan fingerprint density at radius 3 is 1.94 bits per heavy atom. The summed E-state index contributed by atoms with van der Waals surface area (Å²) in [5.74, 6) is 0.580. The number of epoxide rings is 1. The van der Waals surface area contributed by atoms with Gasteiger partial charge in [-0.2, -0.15) is 0 Å². The van der Waals surface area contributed by atoms with Crippen LogP contribution in [0.15, 0.2) is 0 Å². The fourth-order valence-corrected chi connectivity index (χ4v) is 1.68. The largest absolute Gasteiger partial charge is 0.396 e. The highest BCUT2D eigenvalue weighted by molar-refractivity contribution is 4.58. The van der Waals surface area contributed by atoms with Crippen molar-refractivity contribution in [2.24, 2.45) is 5.92 Å². The maximum Gasteiger partial charge on any atom is 0.0701 e. The zero-order chi connectivity index (χ0) is 12.1. The van der Waals surface area contributed by atoms with Crippen LogP contribution in [-0.2, 0) is 4.74 Å². The molecule has 1 aliphatic rings. The summed E-state index contributed by atoms with van der Waals surface area (Å²) in [6.45, 7) is 6.85. The molecule has 1 rings (SSSR count). The third-order valence-electron chi connectivity index (χ3n) is 2.89. The van der Waals surface area contributed by atoms with E-state index >= 15 is 0 Å². The second-order valence-electron chi connectivity index (χ2n) is 4.65. The molecular formula is C14H30O2. The summed E-state index contributed by atoms with van der Waals surface area (Å²) in [6.07, 6.45) is 10.3. The smallest absolute Gasteiger partial charge is 0.0701 e. The molecule has 1 fully saturated rings. The van der Waals surface area contributed by atoms with Crippen molar-refractivity contribution < 1.29 is 9.84 Å². The van der Waals surface area contributed by atoms with Gasteiger partial charge in [-0.1, -0.05) is 52.4 Å². The summed E-state index contributed by atoms with van der Waals surface area (Å²) in [4.78, 5) is 0. The van der Waals surface area contributed by atoms with Crippen LogP contribution in [0.3, 0.4) is 0 Å². The van der Waals surface area contributed by atoms with Crippen molar-refractivity contribution in [2.45, 2.75) is 65.2 Å². The summed E-state index contributed by atoms with van der Waals surface area (Å²) in [5, 5.41) is 9.11. The van der Waals surface area contributed by atoms with Crippen LogP contribution < -0.4 is 0 Å². The molecule has 0 bridgehead atoms. The molecule has 1 aliphatic heterocycles. The van der Waals surface area contributed by atoms with Gasteiger partial charge in [0.1, 0.15) is 0 Å². The standard InChI is InChI=1S/C12H26O.C2H4O/c1-3-5-7-8-10-12(11-13)9-6-4-2;1-2-3-1/h12-13H,3-11H2,1-2H3;1-2H2. The van der Waals surface area contributed by atoms with Gasteiger partial charge < -0.3 is 9.84 Å². The van der Waals surface area contributed by atoms with E-state index in [1.54, 1.807) is 0 Å². The molecule has 0 aliphatic carbocycles. The minimum atomic E-state index is 0.395. The average molecular weight is 230 g/mol. The lowest BCUT2D eigenvalue weighted by Crippen LogP contribution is -2.05. The number of hydrogen-bond acceptors (Lipinski definition) is 2. The molecule has 1 unspecified atom stereocenters. The third-order valence-corrected chi connectivity index (χ3v) is 2.89. The molecule has 0 spiro atoms. The zero-order valence-corrected chi connectivity index (χ0v) is 11.2. The van der Waals surface area contributed by atoms with Gasteiger partial charge in [-0.25, -0.2) is 0 Å². The van der Waals surface area contributed by atoms with Crippen LogP contribution >= 0.6 is 0 Å². The molecular weight excluding hydrogens is 200 g/mol. The second kappa shape index (κ2) is 13.0. The minimum Gasteiger partial charge on any atom is -0.396 e. The van der Waals surface area contributed by atoms with Crippen LogP contribution in [0, 0.1) is 5.92 Å². The van der Waals surface area contributed by atoms with Crippen LogP contribution in [-0.4, -0.2) is 24.9 Å². The third kappa shape index (κ3) is 13.9. The first-order chi connectivity index (χ1) is 7.85. The second-order valence-corrected chi connectivity index (χ2v) is 4.65. The van der Waals surface area contributed by atoms with E-state index in [0.29, 0.717) is 12.5 Å². The topological polar surface area (TPSA) is 32.8 Å². The molecule has 0 aromatic heterocycles. The molecule has 98 valence electrons. The number of ether oxygens (including phenoxy) is 1. The molecule has 0 radical (unpaired) electrons. The Kier molecular flexibility index (Phi) is 12.9. The SMILES string of the molecule is C1CO1.CCCCCCC(CO)CCCC. The van der Waals surface area contributed by atoms with E-state index in [-0.39, 0.29) is 0 Å². The number of unbranched alkanes of at least 4 members (excludes halogenated alkanes) is 4. The van der Waals surface area contributed by atoms with E-state index in [1.807, 2.05) is 0 Å². The van der Waals surface area contributed by atoms with Gasteiger partial charge in [0.2, 0.25) is 0 Å². The zero-order valence-electron chi connectivity index (χ0n) is 11.2. The predicted molar refractivity (Wildman–Crippen MR) is 69.7 cm³/mol. The van der Waals surface area contributed by atoms with E-state index < -0.39 is 0 Å². The molecule has 0 aromatic rings. The van der Waals surface area contributed by atoms with Crippen molar-refractivity contribution in [2.75, 3.05) is 19.8 Å². The maximum atomic E-state index is 9.11. The summed E-state index contributed by atoms with van der Waals surface area (Å²) >= 11 is 0. The van der Waals surface area contributed by atoms with E-state index in [0.717, 1.165) is 13.2 Å². The van der Waals surface area contributed by atoms with Gasteiger partial charge in [0.15, 0.2) is 0 Å². The van der Waals surface area contributed by atoms with Gasteiger partial charge in [0, 0.05) is 6.61 Å². The van der Waals surface area contributed by atoms with Crippen LogP contribution in [0.2, 0.25) is 0 Å². The van der Waals surface area contributed by atoms with E-state index in [9.17, 15) is 0 Å². The molecule has 0 saturated carbocycles. The summed E-state index contributed by atoms with van der Waals surface area (Å²) in [7, 11) is 0. The highest BCUT2D eigenvalue weighted by atomic mass is 16.6. The van der Waals surface area contributed by atoms with Gasteiger partial charge >= 0.3 is 0 Å². The van der Waals surface area contributed by atoms with Crippen molar-refractivity contribution in [1.29, 1.82) is 0 Å². The lowest BCUT2D eigenvalue weighted by molar-refractivity contribution is 0.205. The van der Waals surface area contributed by atoms with Crippen LogP contribution in [0.25, 0.3) is 0 Å². The van der Waals surface area contributed by atoms with Crippen LogP contribution in [0.5, 0.6) is 0 Å². The van der Waals surface area contributed by atoms with E-state index in [1.165, 1.54) is 51.4 Å². The Morgan fingerprint density at radius 1 is 0.938 bits per heavy atom. The first-order valence-corrected chi connectivity index (χ1v) is 7.03. The molecule has 0 aromatic carbocycles. The Bertz CT molecular complexity index is 121. The Hall–Kier alpha value is -0.0800. The molecule has 1 atom stereocenters. The summed E-state index contributed by atoms with van der Waals surface area (Å²) in [6, 6.07) is 0. The van der Waals surface area contributed by atoms with Gasteiger partial charge in [-0.05, 0) is 18.8 Å². The Balaban J connectivity index is 0.000000635. The fraction of sp³-hybridized carbons (Fsp3) is 1.00. The predicted octanol–water partition coefficient (Wildman–Crippen LogP) is 3.77. The highest BCUT2D eigenvalue weighted by Crippen LogP contribution is 2.16. The maximum absolute atomic E-state index is 9.11. The molecule has 1 heterocycles. The molecule has 1 saturated heterocycles. The number of aliphatic hydroxyl groups is 1. The van der Waals surface area contributed by atoms with E-state index in [2.05, 4.69) is 18.6 Å². The van der Waals surface area contributed by atoms with Crippen molar-refractivity contribution in [3.63, 3.8) is 0 Å². The Labute approximate surface area is 101 Å². The number of aliphatic hydroxyl groups excluding tert-OH is 1. The number of hydrogen-bond donors (Lipinski definition) is 1. The summed E-state index contributed by atoms with van der Waals surface area (Å²) in [5.41, 5.74) is 0. The minimum absolute atomic E-state index is 0.395. The lowest BCUT2D eigenvalue weighted by atomic mass is 9.96. The molecule has 0 amide bonds. The van der Waals surface area contributed by atoms with Gasteiger partial charge in [0.25, 0.3) is 0 Å². The monoisotopic (exact) mass is 230 g/mol. The molecule has 2 heteroatoms. The molecule has 1 N–H and O–H groups in total. The van der Waals surface area contributed by atoms with Crippen LogP contribution in [0.1, 0.15) is 65.2 Å². The highest BCUT2D eigenvalue weighted by Gasteiger charge is 2.05. The van der Waals surface area contributed by atoms with Crippen molar-refractivity contribution in [3.05, 3.63) is 0 Å². The van der Waals surface area contributed by atoms with Crippen LogP contribution in [0.4, 0.5) is 0 Å². The molecule has 2 nitrogen and oxygen atoms in total. The van der Waals surface area contributed by atoms with Gasteiger partial charge in [-0.3, -0.25) is 0 Å². The van der Waals surface area contributed by atoms with Gasteiger partial charge in [-0.15, -0.1) is 0 Å². The van der Waals surface area contributed by atoms with Crippen molar-refractivity contribution >= 4 is 0 Å². The first-order valence-electron chi connectivity index (χ1n) is 7.03. The Morgan fingerprint density at radius 2 is 1.50 bits per heavy atom. The molecule has 16 heavy (non-hydrogen) atoms. The summed E-state index contributed by atoms with van der Waals surface area (Å²) < 4.78 is 4.50.